The molecule has 1 aliphatic rings. The van der Waals surface area contributed by atoms with Gasteiger partial charge in [-0.25, -0.2) is 9.97 Å². The Morgan fingerprint density at radius 2 is 2.22 bits per heavy atom. The predicted molar refractivity (Wildman–Crippen MR) is 91.7 cm³/mol. The zero-order chi connectivity index (χ0) is 16.2. The van der Waals surface area contributed by atoms with Gasteiger partial charge in [-0.05, 0) is 26.7 Å². The number of rotatable bonds is 6. The molecular weight excluding hydrogens is 310 g/mol. The third-order valence-corrected chi connectivity index (χ3v) is 5.15. The van der Waals surface area contributed by atoms with Crippen molar-refractivity contribution in [2.45, 2.75) is 45.7 Å². The molecule has 1 saturated heterocycles. The minimum absolute atomic E-state index is 0.0429. The smallest absolute Gasteiger partial charge is 0.222 e. The van der Waals surface area contributed by atoms with Crippen LogP contribution in [0.15, 0.2) is 17.8 Å². The molecule has 23 heavy (non-hydrogen) atoms. The zero-order valence-corrected chi connectivity index (χ0v) is 14.5. The fourth-order valence-corrected chi connectivity index (χ4v) is 3.79. The van der Waals surface area contributed by atoms with E-state index in [2.05, 4.69) is 20.2 Å². The van der Waals surface area contributed by atoms with E-state index in [0.29, 0.717) is 13.0 Å². The molecule has 1 aliphatic heterocycles. The summed E-state index contributed by atoms with van der Waals surface area (Å²) < 4.78 is 2.02. The highest BCUT2D eigenvalue weighted by atomic mass is 32.1. The summed E-state index contributed by atoms with van der Waals surface area (Å²) in [5, 5.41) is 6.09. The monoisotopic (exact) mass is 333 g/mol. The largest absolute Gasteiger partial charge is 0.350 e. The van der Waals surface area contributed by atoms with Gasteiger partial charge in [0.1, 0.15) is 5.82 Å². The normalized spacial score (nSPS) is 15.8. The van der Waals surface area contributed by atoms with Gasteiger partial charge in [0.15, 0.2) is 5.13 Å². The number of nitrogens with one attached hydrogen (secondary N) is 1. The van der Waals surface area contributed by atoms with E-state index in [9.17, 15) is 4.79 Å². The summed E-state index contributed by atoms with van der Waals surface area (Å²) in [4.78, 5) is 23.3. The average Bonchev–Trinajstić information content (AvgIpc) is 3.26. The molecule has 2 aromatic rings. The fourth-order valence-electron chi connectivity index (χ4n) is 2.91. The van der Waals surface area contributed by atoms with Crippen LogP contribution in [-0.2, 0) is 11.3 Å². The Hall–Kier alpha value is -1.89. The Morgan fingerprint density at radius 1 is 1.43 bits per heavy atom. The molecule has 1 N–H and O–H groups in total. The molecule has 1 atom stereocenters. The van der Waals surface area contributed by atoms with Gasteiger partial charge in [0.05, 0.1) is 12.2 Å². The average molecular weight is 333 g/mol. The lowest BCUT2D eigenvalue weighted by Crippen LogP contribution is -2.26. The lowest BCUT2D eigenvalue weighted by Gasteiger charge is -2.14. The highest BCUT2D eigenvalue weighted by molar-refractivity contribution is 7.13. The molecule has 1 fully saturated rings. The molecule has 1 unspecified atom stereocenters. The number of thiazole rings is 1. The number of aryl methyl sites for hydroxylation is 1. The first-order valence-electron chi connectivity index (χ1n) is 8.09. The molecule has 3 rings (SSSR count). The van der Waals surface area contributed by atoms with Gasteiger partial charge in [0, 0.05) is 43.3 Å². The maximum Gasteiger partial charge on any atom is 0.222 e. The van der Waals surface area contributed by atoms with Crippen LogP contribution in [0.3, 0.4) is 0 Å². The van der Waals surface area contributed by atoms with E-state index < -0.39 is 0 Å². The second-order valence-corrected chi connectivity index (χ2v) is 6.86. The fraction of sp³-hybridized carbons (Fsp3) is 0.562. The molecule has 124 valence electrons. The van der Waals surface area contributed by atoms with Gasteiger partial charge in [-0.15, -0.1) is 11.3 Å². The Kier molecular flexibility index (Phi) is 4.95. The van der Waals surface area contributed by atoms with Crippen molar-refractivity contribution < 1.29 is 4.79 Å². The van der Waals surface area contributed by atoms with Gasteiger partial charge in [0.25, 0.3) is 0 Å². The summed E-state index contributed by atoms with van der Waals surface area (Å²) in [7, 11) is 0. The summed E-state index contributed by atoms with van der Waals surface area (Å²) in [5.41, 5.74) is 0.941. The van der Waals surface area contributed by atoms with Crippen LogP contribution < -0.4 is 10.2 Å². The summed E-state index contributed by atoms with van der Waals surface area (Å²) in [6, 6.07) is 0.105. The van der Waals surface area contributed by atoms with Gasteiger partial charge >= 0.3 is 0 Å². The third-order valence-electron chi connectivity index (χ3n) is 4.20. The summed E-state index contributed by atoms with van der Waals surface area (Å²) in [5.74, 6) is 0.973. The van der Waals surface area contributed by atoms with Crippen LogP contribution in [0.1, 0.15) is 43.7 Å². The number of carbonyl (C=O) groups excluding carboxylic acids is 1. The molecule has 1 amide bonds. The van der Waals surface area contributed by atoms with Crippen molar-refractivity contribution in [1.82, 2.24) is 19.9 Å². The SMILES string of the molecule is Cc1nccn1C(C)CC(=O)NCc1csc(N2CCCC2)n1. The number of hydrogen-bond acceptors (Lipinski definition) is 5. The van der Waals surface area contributed by atoms with Crippen molar-refractivity contribution in [3.05, 3.63) is 29.3 Å². The molecule has 0 spiro atoms. The molecule has 6 nitrogen and oxygen atoms in total. The number of amides is 1. The van der Waals surface area contributed by atoms with E-state index in [1.807, 2.05) is 30.0 Å². The van der Waals surface area contributed by atoms with Crippen molar-refractivity contribution in [2.75, 3.05) is 18.0 Å². The molecule has 3 heterocycles. The minimum atomic E-state index is 0.0429. The number of anilines is 1. The van der Waals surface area contributed by atoms with Crippen LogP contribution in [0, 0.1) is 6.92 Å². The second-order valence-electron chi connectivity index (χ2n) is 6.03. The highest BCUT2D eigenvalue weighted by Gasteiger charge is 2.16. The van der Waals surface area contributed by atoms with Gasteiger partial charge in [0.2, 0.25) is 5.91 Å². The molecule has 7 heteroatoms. The van der Waals surface area contributed by atoms with Crippen molar-refractivity contribution in [3.8, 4) is 0 Å². The summed E-state index contributed by atoms with van der Waals surface area (Å²) >= 11 is 1.66. The van der Waals surface area contributed by atoms with E-state index >= 15 is 0 Å². The quantitative estimate of drug-likeness (QED) is 0.882. The van der Waals surface area contributed by atoms with Gasteiger partial charge < -0.3 is 14.8 Å². The van der Waals surface area contributed by atoms with Crippen molar-refractivity contribution in [3.63, 3.8) is 0 Å². The first-order chi connectivity index (χ1) is 11.1. The minimum Gasteiger partial charge on any atom is -0.350 e. The zero-order valence-electron chi connectivity index (χ0n) is 13.7. The second kappa shape index (κ2) is 7.12. The van der Waals surface area contributed by atoms with Crippen LogP contribution in [0.25, 0.3) is 0 Å². The molecule has 0 aromatic carbocycles. The van der Waals surface area contributed by atoms with Crippen molar-refractivity contribution in [1.29, 1.82) is 0 Å². The number of imidazole rings is 1. The maximum atomic E-state index is 12.1. The predicted octanol–water partition coefficient (Wildman–Crippen LogP) is 2.52. The lowest BCUT2D eigenvalue weighted by atomic mass is 10.2. The van der Waals surface area contributed by atoms with E-state index in [1.165, 1.54) is 12.8 Å². The van der Waals surface area contributed by atoms with E-state index in [4.69, 9.17) is 0 Å². The number of nitrogens with zero attached hydrogens (tertiary/aromatic N) is 4. The number of aromatic nitrogens is 3. The maximum absolute atomic E-state index is 12.1. The van der Waals surface area contributed by atoms with Crippen LogP contribution >= 0.6 is 11.3 Å². The van der Waals surface area contributed by atoms with Crippen LogP contribution in [-0.4, -0.2) is 33.5 Å². The Balaban J connectivity index is 1.48. The van der Waals surface area contributed by atoms with E-state index in [-0.39, 0.29) is 11.9 Å². The van der Waals surface area contributed by atoms with Crippen LogP contribution in [0.4, 0.5) is 5.13 Å². The van der Waals surface area contributed by atoms with Crippen molar-refractivity contribution >= 4 is 22.4 Å². The van der Waals surface area contributed by atoms with Gasteiger partial charge in [-0.3, -0.25) is 4.79 Å². The Labute approximate surface area is 140 Å². The molecule has 0 radical (unpaired) electrons. The first kappa shape index (κ1) is 16.0. The molecule has 0 saturated carbocycles. The first-order valence-corrected chi connectivity index (χ1v) is 8.97. The topological polar surface area (TPSA) is 63.1 Å². The summed E-state index contributed by atoms with van der Waals surface area (Å²) in [6.07, 6.45) is 6.61. The molecule has 0 bridgehead atoms. The number of hydrogen-bond donors (Lipinski definition) is 1. The molecule has 2 aromatic heterocycles. The van der Waals surface area contributed by atoms with Gasteiger partial charge in [-0.2, -0.15) is 0 Å². The Morgan fingerprint density at radius 3 is 2.91 bits per heavy atom. The Bertz CT molecular complexity index is 659. The van der Waals surface area contributed by atoms with Crippen molar-refractivity contribution in [2.24, 2.45) is 0 Å². The number of carbonyl (C=O) groups is 1. The standard InChI is InChI=1S/C16H23N5OS/c1-12(21-8-5-17-13(21)2)9-15(22)18-10-14-11-23-16(19-14)20-6-3-4-7-20/h5,8,11-12H,3-4,6-7,9-10H2,1-2H3,(H,18,22). The lowest BCUT2D eigenvalue weighted by molar-refractivity contribution is -0.121. The van der Waals surface area contributed by atoms with Crippen LogP contribution in [0.5, 0.6) is 0 Å². The molecule has 0 aliphatic carbocycles. The third kappa shape index (κ3) is 3.90. The highest BCUT2D eigenvalue weighted by Crippen LogP contribution is 2.24. The summed E-state index contributed by atoms with van der Waals surface area (Å²) in [6.45, 7) is 6.67. The van der Waals surface area contributed by atoms with E-state index in [1.54, 1.807) is 17.5 Å². The van der Waals surface area contributed by atoms with E-state index in [0.717, 1.165) is 29.7 Å². The van der Waals surface area contributed by atoms with Gasteiger partial charge in [-0.1, -0.05) is 0 Å². The molecular formula is C16H23N5OS. The van der Waals surface area contributed by atoms with Crippen LogP contribution in [0.2, 0.25) is 0 Å².